The third kappa shape index (κ3) is 2.92. The molecule has 5 rings (SSSR count). The van der Waals surface area contributed by atoms with Gasteiger partial charge in [0, 0.05) is 31.6 Å². The number of nitrogens with one attached hydrogen (secondary N) is 1. The van der Waals surface area contributed by atoms with E-state index < -0.39 is 0 Å². The molecule has 2 aliphatic heterocycles. The molecule has 0 radical (unpaired) electrons. The standard InChI is InChI=1S/C21H26N4O2/c1-13-11-16-19(14(2)27-13)22-23-20(16)21(26)25-10-9-24(12-15-7-8-15)17-5-3-4-6-18(17)25/h3-6,13-15H,7-12H2,1-2H3,(H,22,23)/t13-,14+/m1/s1. The third-order valence-electron chi connectivity index (χ3n) is 5.96. The van der Waals surface area contributed by atoms with Crippen LogP contribution in [0.2, 0.25) is 0 Å². The zero-order valence-electron chi connectivity index (χ0n) is 15.9. The molecule has 6 heteroatoms. The van der Waals surface area contributed by atoms with E-state index in [4.69, 9.17) is 4.74 Å². The second-order valence-corrected chi connectivity index (χ2v) is 8.09. The van der Waals surface area contributed by atoms with E-state index in [9.17, 15) is 4.79 Å². The fourth-order valence-corrected chi connectivity index (χ4v) is 4.41. The summed E-state index contributed by atoms with van der Waals surface area (Å²) >= 11 is 0. The largest absolute Gasteiger partial charge is 0.369 e. The molecular formula is C21H26N4O2. The first-order chi connectivity index (χ1) is 13.1. The van der Waals surface area contributed by atoms with Gasteiger partial charge in [0.15, 0.2) is 5.69 Å². The van der Waals surface area contributed by atoms with E-state index in [-0.39, 0.29) is 18.1 Å². The number of ether oxygens (including phenoxy) is 1. The van der Waals surface area contributed by atoms with Crippen molar-refractivity contribution in [2.24, 2.45) is 5.92 Å². The van der Waals surface area contributed by atoms with Gasteiger partial charge in [-0.1, -0.05) is 12.1 Å². The van der Waals surface area contributed by atoms with Gasteiger partial charge < -0.3 is 14.5 Å². The molecule has 27 heavy (non-hydrogen) atoms. The fraction of sp³-hybridized carbons (Fsp3) is 0.524. The number of benzene rings is 1. The van der Waals surface area contributed by atoms with Crippen LogP contribution in [-0.4, -0.2) is 41.8 Å². The number of carbonyl (C=O) groups is 1. The van der Waals surface area contributed by atoms with Gasteiger partial charge in [-0.3, -0.25) is 9.89 Å². The van der Waals surface area contributed by atoms with E-state index in [0.29, 0.717) is 12.2 Å². The van der Waals surface area contributed by atoms with Crippen molar-refractivity contribution in [1.82, 2.24) is 10.2 Å². The Labute approximate surface area is 159 Å². The minimum atomic E-state index is -0.0551. The number of amides is 1. The van der Waals surface area contributed by atoms with Crippen molar-refractivity contribution < 1.29 is 9.53 Å². The summed E-state index contributed by atoms with van der Waals surface area (Å²) in [6.45, 7) is 6.73. The quantitative estimate of drug-likeness (QED) is 0.905. The Kier molecular flexibility index (Phi) is 3.97. The summed E-state index contributed by atoms with van der Waals surface area (Å²) in [5.41, 5.74) is 4.68. The van der Waals surface area contributed by atoms with Crippen LogP contribution in [0.15, 0.2) is 24.3 Å². The number of anilines is 2. The molecule has 1 saturated carbocycles. The minimum absolute atomic E-state index is 0.00711. The number of fused-ring (bicyclic) bond motifs is 2. The molecule has 1 amide bonds. The van der Waals surface area contributed by atoms with Crippen LogP contribution < -0.4 is 9.80 Å². The number of rotatable bonds is 3. The summed E-state index contributed by atoms with van der Waals surface area (Å²) in [5.74, 6) is 0.814. The van der Waals surface area contributed by atoms with Crippen LogP contribution in [0.4, 0.5) is 11.4 Å². The number of carbonyl (C=O) groups excluding carboxylic acids is 1. The lowest BCUT2D eigenvalue weighted by Crippen LogP contribution is -2.45. The van der Waals surface area contributed by atoms with Gasteiger partial charge >= 0.3 is 0 Å². The van der Waals surface area contributed by atoms with Crippen molar-refractivity contribution in [3.8, 4) is 0 Å². The lowest BCUT2D eigenvalue weighted by Gasteiger charge is -2.38. The number of nitrogens with zero attached hydrogens (tertiary/aromatic N) is 3. The molecule has 2 aromatic rings. The molecular weight excluding hydrogens is 340 g/mol. The van der Waals surface area contributed by atoms with Crippen LogP contribution >= 0.6 is 0 Å². The molecule has 1 aromatic heterocycles. The summed E-state index contributed by atoms with van der Waals surface area (Å²) < 4.78 is 5.86. The van der Waals surface area contributed by atoms with Crippen LogP contribution in [-0.2, 0) is 11.2 Å². The molecule has 1 aromatic carbocycles. The molecule has 0 spiro atoms. The van der Waals surface area contributed by atoms with E-state index in [2.05, 4.69) is 33.3 Å². The summed E-state index contributed by atoms with van der Waals surface area (Å²) in [4.78, 5) is 17.8. The van der Waals surface area contributed by atoms with Gasteiger partial charge in [0.2, 0.25) is 0 Å². The molecule has 1 aliphatic carbocycles. The van der Waals surface area contributed by atoms with Gasteiger partial charge in [-0.15, -0.1) is 0 Å². The fourth-order valence-electron chi connectivity index (χ4n) is 4.41. The van der Waals surface area contributed by atoms with E-state index in [0.717, 1.165) is 42.4 Å². The first-order valence-electron chi connectivity index (χ1n) is 10.00. The summed E-state index contributed by atoms with van der Waals surface area (Å²) in [7, 11) is 0. The highest BCUT2D eigenvalue weighted by molar-refractivity contribution is 6.08. The van der Waals surface area contributed by atoms with Crippen molar-refractivity contribution in [3.63, 3.8) is 0 Å². The molecule has 1 fully saturated rings. The maximum atomic E-state index is 13.4. The second-order valence-electron chi connectivity index (χ2n) is 8.09. The highest BCUT2D eigenvalue weighted by Gasteiger charge is 2.35. The monoisotopic (exact) mass is 366 g/mol. The second kappa shape index (κ2) is 6.37. The van der Waals surface area contributed by atoms with Gasteiger partial charge in [0.05, 0.1) is 29.3 Å². The van der Waals surface area contributed by atoms with Crippen molar-refractivity contribution >= 4 is 17.3 Å². The highest BCUT2D eigenvalue weighted by atomic mass is 16.5. The molecule has 3 heterocycles. The van der Waals surface area contributed by atoms with Crippen molar-refractivity contribution in [1.29, 1.82) is 0 Å². The van der Waals surface area contributed by atoms with Gasteiger partial charge in [0.1, 0.15) is 0 Å². The van der Waals surface area contributed by atoms with Gasteiger partial charge in [-0.25, -0.2) is 0 Å². The molecule has 0 saturated heterocycles. The van der Waals surface area contributed by atoms with E-state index >= 15 is 0 Å². The molecule has 3 aliphatic rings. The van der Waals surface area contributed by atoms with Crippen LogP contribution in [0, 0.1) is 5.92 Å². The Morgan fingerprint density at radius 2 is 2.00 bits per heavy atom. The Morgan fingerprint density at radius 3 is 2.78 bits per heavy atom. The highest BCUT2D eigenvalue weighted by Crippen LogP contribution is 2.38. The number of hydrogen-bond donors (Lipinski definition) is 1. The maximum absolute atomic E-state index is 13.4. The predicted molar refractivity (Wildman–Crippen MR) is 104 cm³/mol. The molecule has 0 bridgehead atoms. The predicted octanol–water partition coefficient (Wildman–Crippen LogP) is 3.31. The number of H-pyrrole nitrogens is 1. The smallest absolute Gasteiger partial charge is 0.279 e. The zero-order valence-corrected chi connectivity index (χ0v) is 15.9. The number of hydrogen-bond acceptors (Lipinski definition) is 4. The topological polar surface area (TPSA) is 61.5 Å². The lowest BCUT2D eigenvalue weighted by atomic mass is 9.99. The lowest BCUT2D eigenvalue weighted by molar-refractivity contribution is -0.00696. The maximum Gasteiger partial charge on any atom is 0.279 e. The SMILES string of the molecule is C[C@@H]1Cc2c(C(=O)N3CCN(CC4CC4)c4ccccc43)n[nH]c2[C@H](C)O1. The minimum Gasteiger partial charge on any atom is -0.369 e. The summed E-state index contributed by atoms with van der Waals surface area (Å²) in [5, 5.41) is 7.45. The first kappa shape index (κ1) is 16.8. The first-order valence-corrected chi connectivity index (χ1v) is 10.00. The number of para-hydroxylation sites is 2. The molecule has 1 N–H and O–H groups in total. The Balaban J connectivity index is 1.47. The van der Waals surface area contributed by atoms with Gasteiger partial charge in [0.25, 0.3) is 5.91 Å². The van der Waals surface area contributed by atoms with Gasteiger partial charge in [-0.2, -0.15) is 5.10 Å². The zero-order chi connectivity index (χ0) is 18.5. The number of aromatic nitrogens is 2. The van der Waals surface area contributed by atoms with Crippen molar-refractivity contribution in [3.05, 3.63) is 41.2 Å². The van der Waals surface area contributed by atoms with Crippen molar-refractivity contribution in [2.75, 3.05) is 29.4 Å². The van der Waals surface area contributed by atoms with Crippen LogP contribution in [0.3, 0.4) is 0 Å². The summed E-state index contributed by atoms with van der Waals surface area (Å²) in [6, 6.07) is 8.26. The van der Waals surface area contributed by atoms with Gasteiger partial charge in [-0.05, 0) is 44.7 Å². The molecule has 142 valence electrons. The summed E-state index contributed by atoms with van der Waals surface area (Å²) in [6.07, 6.45) is 3.43. The van der Waals surface area contributed by atoms with Crippen LogP contribution in [0.25, 0.3) is 0 Å². The number of aromatic amines is 1. The normalized spacial score (nSPS) is 24.5. The molecule has 6 nitrogen and oxygen atoms in total. The average Bonchev–Trinajstić information content (AvgIpc) is 3.38. The van der Waals surface area contributed by atoms with Crippen molar-refractivity contribution in [2.45, 2.75) is 45.3 Å². The van der Waals surface area contributed by atoms with E-state index in [1.165, 1.54) is 18.5 Å². The van der Waals surface area contributed by atoms with E-state index in [1.807, 2.05) is 24.8 Å². The van der Waals surface area contributed by atoms with Crippen LogP contribution in [0.5, 0.6) is 0 Å². The van der Waals surface area contributed by atoms with Crippen LogP contribution in [0.1, 0.15) is 54.5 Å². The Morgan fingerprint density at radius 1 is 1.22 bits per heavy atom. The van der Waals surface area contributed by atoms with E-state index in [1.54, 1.807) is 0 Å². The molecule has 0 unspecified atom stereocenters. The third-order valence-corrected chi connectivity index (χ3v) is 5.96. The Bertz CT molecular complexity index is 873. The average molecular weight is 366 g/mol. The Hall–Kier alpha value is -2.34. The molecule has 2 atom stereocenters.